The fourth-order valence-electron chi connectivity index (χ4n) is 3.16. The van der Waals surface area contributed by atoms with Crippen LogP contribution in [0.1, 0.15) is 32.2 Å². The number of amides is 2. The van der Waals surface area contributed by atoms with E-state index in [0.29, 0.717) is 21.6 Å². The molecule has 2 amide bonds. The monoisotopic (exact) mass is 329 g/mol. The zero-order chi connectivity index (χ0) is 14.1. The molecule has 0 radical (unpaired) electrons. The van der Waals surface area contributed by atoms with Crippen molar-refractivity contribution in [2.45, 2.75) is 12.8 Å². The second-order valence-corrected chi connectivity index (χ2v) is 6.66. The third-order valence-corrected chi connectivity index (χ3v) is 5.45. The van der Waals surface area contributed by atoms with Crippen molar-refractivity contribution in [2.75, 3.05) is 26.2 Å². The van der Waals surface area contributed by atoms with Crippen molar-refractivity contribution in [3.05, 3.63) is 21.9 Å². The lowest BCUT2D eigenvalue weighted by Crippen LogP contribution is -2.32. The zero-order valence-corrected chi connectivity index (χ0v) is 13.3. The third-order valence-electron chi connectivity index (χ3n) is 4.37. The van der Waals surface area contributed by atoms with Crippen molar-refractivity contribution in [3.63, 3.8) is 0 Å². The number of hydrogen-bond acceptors (Lipinski definition) is 4. The van der Waals surface area contributed by atoms with Crippen LogP contribution in [0.2, 0.25) is 0 Å². The van der Waals surface area contributed by atoms with Crippen LogP contribution in [0, 0.1) is 11.8 Å². The predicted molar refractivity (Wildman–Crippen MR) is 85.1 cm³/mol. The molecule has 0 spiro atoms. The van der Waals surface area contributed by atoms with Gasteiger partial charge in [0.1, 0.15) is 0 Å². The average Bonchev–Trinajstić information content (AvgIpc) is 3.04. The van der Waals surface area contributed by atoms with Crippen LogP contribution in [-0.4, -0.2) is 42.9 Å². The molecule has 0 bridgehead atoms. The number of nitrogens with two attached hydrogens (primary N) is 1. The number of nitrogens with zero attached hydrogens (tertiary/aromatic N) is 1. The van der Waals surface area contributed by atoms with Crippen LogP contribution in [0.3, 0.4) is 0 Å². The number of fused-ring (bicyclic) bond motifs is 1. The van der Waals surface area contributed by atoms with Crippen molar-refractivity contribution >= 4 is 35.6 Å². The number of likely N-dealkylation sites (tertiary alicyclic amines) is 1. The summed E-state index contributed by atoms with van der Waals surface area (Å²) in [4.78, 5) is 26.6. The first-order valence-electron chi connectivity index (χ1n) is 7.05. The molecule has 2 saturated heterocycles. The lowest BCUT2D eigenvalue weighted by Gasteiger charge is -2.20. The first-order chi connectivity index (χ1) is 9.65. The normalized spacial score (nSPS) is 24.9. The van der Waals surface area contributed by atoms with Crippen molar-refractivity contribution in [3.8, 4) is 0 Å². The maximum Gasteiger partial charge on any atom is 0.263 e. The zero-order valence-electron chi connectivity index (χ0n) is 11.7. The van der Waals surface area contributed by atoms with E-state index in [0.717, 1.165) is 39.0 Å². The molecule has 7 heteroatoms. The molecule has 0 aliphatic carbocycles. The van der Waals surface area contributed by atoms with Gasteiger partial charge < -0.3 is 16.0 Å². The van der Waals surface area contributed by atoms with E-state index in [9.17, 15) is 9.59 Å². The van der Waals surface area contributed by atoms with Crippen LogP contribution < -0.4 is 11.1 Å². The van der Waals surface area contributed by atoms with Gasteiger partial charge in [0.05, 0.1) is 9.75 Å². The topological polar surface area (TPSA) is 75.4 Å². The second-order valence-electron chi connectivity index (χ2n) is 5.58. The van der Waals surface area contributed by atoms with E-state index in [2.05, 4.69) is 5.32 Å². The molecule has 3 rings (SSSR count). The van der Waals surface area contributed by atoms with Crippen LogP contribution in [-0.2, 0) is 0 Å². The number of halogens is 1. The van der Waals surface area contributed by atoms with Gasteiger partial charge in [-0.1, -0.05) is 0 Å². The summed E-state index contributed by atoms with van der Waals surface area (Å²) in [6, 6.07) is 3.34. The number of nitrogens with one attached hydrogen (secondary N) is 1. The van der Waals surface area contributed by atoms with Gasteiger partial charge in [-0.15, -0.1) is 23.7 Å². The van der Waals surface area contributed by atoms with Gasteiger partial charge in [-0.2, -0.15) is 0 Å². The molecule has 3 N–H and O–H groups in total. The van der Waals surface area contributed by atoms with Gasteiger partial charge in [0.15, 0.2) is 0 Å². The van der Waals surface area contributed by atoms with Gasteiger partial charge in [-0.25, -0.2) is 0 Å². The second kappa shape index (κ2) is 6.77. The molecule has 21 heavy (non-hydrogen) atoms. The first-order valence-corrected chi connectivity index (χ1v) is 7.86. The van der Waals surface area contributed by atoms with Crippen LogP contribution in [0.25, 0.3) is 0 Å². The summed E-state index contributed by atoms with van der Waals surface area (Å²) < 4.78 is 0. The molecule has 2 fully saturated rings. The SMILES string of the molecule is Cl.NC(=O)c1ccc(C(=O)N2CC[C@@H]3CNC[C@@H]3CC2)s1. The summed E-state index contributed by atoms with van der Waals surface area (Å²) in [6.45, 7) is 3.78. The number of carbonyl (C=O) groups is 2. The van der Waals surface area contributed by atoms with Crippen LogP contribution >= 0.6 is 23.7 Å². The molecule has 116 valence electrons. The molecular formula is C14H20ClN3O2S. The van der Waals surface area contributed by atoms with E-state index in [1.54, 1.807) is 12.1 Å². The third kappa shape index (κ3) is 3.39. The minimum atomic E-state index is -0.467. The maximum absolute atomic E-state index is 12.5. The minimum absolute atomic E-state index is 0. The Morgan fingerprint density at radius 1 is 1.14 bits per heavy atom. The number of primary amides is 1. The Balaban J connectivity index is 0.00000161. The predicted octanol–water partition coefficient (Wildman–Crippen LogP) is 1.34. The Morgan fingerprint density at radius 2 is 1.71 bits per heavy atom. The molecule has 2 aliphatic heterocycles. The maximum atomic E-state index is 12.5. The number of thiophene rings is 1. The van der Waals surface area contributed by atoms with Gasteiger partial charge in [0, 0.05) is 13.1 Å². The summed E-state index contributed by atoms with van der Waals surface area (Å²) >= 11 is 1.19. The lowest BCUT2D eigenvalue weighted by molar-refractivity contribution is 0.0763. The van der Waals surface area contributed by atoms with Gasteiger partial charge in [0.2, 0.25) is 0 Å². The van der Waals surface area contributed by atoms with Crippen LogP contribution in [0.15, 0.2) is 12.1 Å². The number of carbonyl (C=O) groups excluding carboxylic acids is 2. The Hall–Kier alpha value is -1.11. The molecule has 0 saturated carbocycles. The van der Waals surface area contributed by atoms with E-state index in [1.807, 2.05) is 4.90 Å². The highest BCUT2D eigenvalue weighted by molar-refractivity contribution is 7.15. The Kier molecular flexibility index (Phi) is 5.24. The summed E-state index contributed by atoms with van der Waals surface area (Å²) in [7, 11) is 0. The number of rotatable bonds is 2. The highest BCUT2D eigenvalue weighted by Gasteiger charge is 2.32. The van der Waals surface area contributed by atoms with Gasteiger partial charge in [0.25, 0.3) is 11.8 Å². The molecule has 0 aromatic carbocycles. The van der Waals surface area contributed by atoms with Gasteiger partial charge in [-0.05, 0) is 49.9 Å². The van der Waals surface area contributed by atoms with Gasteiger partial charge in [-0.3, -0.25) is 9.59 Å². The average molecular weight is 330 g/mol. The van der Waals surface area contributed by atoms with E-state index in [4.69, 9.17) is 5.73 Å². The quantitative estimate of drug-likeness (QED) is 0.859. The molecular weight excluding hydrogens is 310 g/mol. The van der Waals surface area contributed by atoms with E-state index >= 15 is 0 Å². The lowest BCUT2D eigenvalue weighted by atomic mass is 9.92. The minimum Gasteiger partial charge on any atom is -0.365 e. The summed E-state index contributed by atoms with van der Waals surface area (Å²) in [6.07, 6.45) is 2.13. The number of hydrogen-bond donors (Lipinski definition) is 2. The molecule has 1 aromatic rings. The highest BCUT2D eigenvalue weighted by Crippen LogP contribution is 2.28. The van der Waals surface area contributed by atoms with Crippen molar-refractivity contribution < 1.29 is 9.59 Å². The van der Waals surface area contributed by atoms with Crippen molar-refractivity contribution in [1.29, 1.82) is 0 Å². The first kappa shape index (κ1) is 16.3. The van der Waals surface area contributed by atoms with E-state index in [1.165, 1.54) is 11.3 Å². The molecule has 1 aromatic heterocycles. The Labute approximate surface area is 134 Å². The van der Waals surface area contributed by atoms with Crippen LogP contribution in [0.5, 0.6) is 0 Å². The smallest absolute Gasteiger partial charge is 0.263 e. The fourth-order valence-corrected chi connectivity index (χ4v) is 3.99. The highest BCUT2D eigenvalue weighted by atomic mass is 35.5. The largest absolute Gasteiger partial charge is 0.365 e. The van der Waals surface area contributed by atoms with E-state index < -0.39 is 5.91 Å². The Bertz CT molecular complexity index is 520. The summed E-state index contributed by atoms with van der Waals surface area (Å²) in [5.74, 6) is 0.982. The summed E-state index contributed by atoms with van der Waals surface area (Å²) in [5, 5.41) is 3.43. The molecule has 2 aliphatic rings. The van der Waals surface area contributed by atoms with E-state index in [-0.39, 0.29) is 18.3 Å². The van der Waals surface area contributed by atoms with Gasteiger partial charge >= 0.3 is 0 Å². The standard InChI is InChI=1S/C14H19N3O2S.ClH/c15-13(18)11-1-2-12(20-11)14(19)17-5-3-9-7-16-8-10(9)4-6-17;/h1-2,9-10,16H,3-8H2,(H2,15,18);1H/t9-,10+;. The molecule has 2 atom stereocenters. The molecule has 3 heterocycles. The molecule has 0 unspecified atom stereocenters. The Morgan fingerprint density at radius 3 is 2.24 bits per heavy atom. The molecule has 5 nitrogen and oxygen atoms in total. The summed E-state index contributed by atoms with van der Waals surface area (Å²) in [5.41, 5.74) is 5.23. The van der Waals surface area contributed by atoms with Crippen molar-refractivity contribution in [2.24, 2.45) is 17.6 Å². The van der Waals surface area contributed by atoms with Crippen molar-refractivity contribution in [1.82, 2.24) is 10.2 Å². The van der Waals surface area contributed by atoms with Crippen LogP contribution in [0.4, 0.5) is 0 Å². The fraction of sp³-hybridized carbons (Fsp3) is 0.571.